The molecule has 0 unspecified atom stereocenters. The smallest absolute Gasteiger partial charge is 0.141 e. The third kappa shape index (κ3) is 2.83. The number of hydrogen-bond acceptors (Lipinski definition) is 6. The van der Waals surface area contributed by atoms with Crippen LogP contribution in [0.4, 0.5) is 5.69 Å². The number of piperazine rings is 1. The zero-order valence-corrected chi connectivity index (χ0v) is 12.8. The first kappa shape index (κ1) is 14.0. The Labute approximate surface area is 134 Å². The van der Waals surface area contributed by atoms with E-state index in [2.05, 4.69) is 43.4 Å². The number of nitrogens with one attached hydrogen (secondary N) is 1. The molecule has 1 aromatic carbocycles. The highest BCUT2D eigenvalue weighted by Crippen LogP contribution is 2.24. The van der Waals surface area contributed by atoms with Crippen molar-refractivity contribution in [3.63, 3.8) is 0 Å². The Morgan fingerprint density at radius 2 is 1.87 bits per heavy atom. The lowest BCUT2D eigenvalue weighted by Crippen LogP contribution is -2.47. The number of para-hydroxylation sites is 1. The molecule has 4 rings (SSSR count). The summed E-state index contributed by atoms with van der Waals surface area (Å²) in [5.74, 6) is 1.99. The SMILES string of the molecule is C1=C(n2cncn2)N(c2ccccc2)CN=C1N1CCNCC1. The normalized spacial score (nSPS) is 18.6. The van der Waals surface area contributed by atoms with E-state index >= 15 is 0 Å². The van der Waals surface area contributed by atoms with Gasteiger partial charge in [0, 0.05) is 37.9 Å². The number of anilines is 1. The van der Waals surface area contributed by atoms with Gasteiger partial charge in [0.2, 0.25) is 0 Å². The molecule has 1 fully saturated rings. The summed E-state index contributed by atoms with van der Waals surface area (Å²) in [6.45, 7) is 4.52. The second-order valence-electron chi connectivity index (χ2n) is 5.50. The Morgan fingerprint density at radius 1 is 1.04 bits per heavy atom. The Kier molecular flexibility index (Phi) is 3.77. The van der Waals surface area contributed by atoms with Crippen LogP contribution in [0.25, 0.3) is 5.82 Å². The second-order valence-corrected chi connectivity index (χ2v) is 5.50. The van der Waals surface area contributed by atoms with Gasteiger partial charge in [-0.25, -0.2) is 14.7 Å². The van der Waals surface area contributed by atoms with E-state index in [-0.39, 0.29) is 0 Å². The lowest BCUT2D eigenvalue weighted by molar-refractivity contribution is 0.357. The fourth-order valence-corrected chi connectivity index (χ4v) is 2.88. The molecule has 1 N–H and O–H groups in total. The van der Waals surface area contributed by atoms with E-state index in [0.29, 0.717) is 6.67 Å². The van der Waals surface area contributed by atoms with Crippen molar-refractivity contribution in [2.45, 2.75) is 0 Å². The van der Waals surface area contributed by atoms with Gasteiger partial charge in [0.1, 0.15) is 31.0 Å². The molecular weight excluding hydrogens is 290 g/mol. The average molecular weight is 309 g/mol. The number of aromatic nitrogens is 3. The summed E-state index contributed by atoms with van der Waals surface area (Å²) in [4.78, 5) is 13.3. The first-order valence-corrected chi connectivity index (χ1v) is 7.81. The third-order valence-corrected chi connectivity index (χ3v) is 4.07. The van der Waals surface area contributed by atoms with Gasteiger partial charge in [0.25, 0.3) is 0 Å². The Balaban J connectivity index is 1.68. The van der Waals surface area contributed by atoms with Gasteiger partial charge >= 0.3 is 0 Å². The van der Waals surface area contributed by atoms with Crippen molar-refractivity contribution in [3.05, 3.63) is 49.1 Å². The summed E-state index contributed by atoms with van der Waals surface area (Å²) in [5.41, 5.74) is 1.09. The molecular formula is C16H19N7. The maximum absolute atomic E-state index is 4.77. The van der Waals surface area contributed by atoms with Crippen LogP contribution in [0.5, 0.6) is 0 Å². The van der Waals surface area contributed by atoms with Gasteiger partial charge in [-0.1, -0.05) is 18.2 Å². The number of hydrogen-bond donors (Lipinski definition) is 1. The quantitative estimate of drug-likeness (QED) is 0.891. The lowest BCUT2D eigenvalue weighted by Gasteiger charge is -2.34. The maximum Gasteiger partial charge on any atom is 0.141 e. The van der Waals surface area contributed by atoms with E-state index < -0.39 is 0 Å². The van der Waals surface area contributed by atoms with Crippen molar-refractivity contribution >= 4 is 17.3 Å². The molecule has 2 aliphatic rings. The minimum atomic E-state index is 0.578. The highest BCUT2D eigenvalue weighted by Gasteiger charge is 2.22. The van der Waals surface area contributed by atoms with Crippen LogP contribution < -0.4 is 10.2 Å². The van der Waals surface area contributed by atoms with Gasteiger partial charge in [0.15, 0.2) is 0 Å². The Bertz CT molecular complexity index is 699. The molecule has 3 heterocycles. The maximum atomic E-state index is 4.77. The molecule has 23 heavy (non-hydrogen) atoms. The van der Waals surface area contributed by atoms with Crippen LogP contribution in [-0.2, 0) is 0 Å². The van der Waals surface area contributed by atoms with Crippen molar-refractivity contribution in [2.75, 3.05) is 37.7 Å². The van der Waals surface area contributed by atoms with Crippen LogP contribution >= 0.6 is 0 Å². The van der Waals surface area contributed by atoms with E-state index in [9.17, 15) is 0 Å². The van der Waals surface area contributed by atoms with Gasteiger partial charge in [-0.3, -0.25) is 0 Å². The van der Waals surface area contributed by atoms with Crippen molar-refractivity contribution < 1.29 is 0 Å². The van der Waals surface area contributed by atoms with Crippen LogP contribution in [0.2, 0.25) is 0 Å². The highest BCUT2D eigenvalue weighted by molar-refractivity contribution is 6.00. The van der Waals surface area contributed by atoms with Gasteiger partial charge in [0.05, 0.1) is 0 Å². The zero-order valence-electron chi connectivity index (χ0n) is 12.8. The number of amidine groups is 1. The van der Waals surface area contributed by atoms with Crippen LogP contribution in [0.3, 0.4) is 0 Å². The molecule has 2 aromatic rings. The van der Waals surface area contributed by atoms with Crippen LogP contribution in [0.1, 0.15) is 0 Å². The molecule has 0 spiro atoms. The monoisotopic (exact) mass is 309 g/mol. The Hall–Kier alpha value is -2.67. The van der Waals surface area contributed by atoms with Crippen LogP contribution in [0, 0.1) is 0 Å². The molecule has 0 saturated carbocycles. The molecule has 1 saturated heterocycles. The summed E-state index contributed by atoms with van der Waals surface area (Å²) in [6, 6.07) is 10.2. The molecule has 118 valence electrons. The molecule has 0 bridgehead atoms. The Morgan fingerprint density at radius 3 is 2.61 bits per heavy atom. The summed E-state index contributed by atoms with van der Waals surface area (Å²) in [6.07, 6.45) is 5.37. The molecule has 7 nitrogen and oxygen atoms in total. The first-order valence-electron chi connectivity index (χ1n) is 7.81. The van der Waals surface area contributed by atoms with Gasteiger partial charge in [-0.05, 0) is 12.1 Å². The summed E-state index contributed by atoms with van der Waals surface area (Å²) < 4.78 is 1.80. The third-order valence-electron chi connectivity index (χ3n) is 4.07. The topological polar surface area (TPSA) is 61.6 Å². The molecule has 0 amide bonds. The van der Waals surface area contributed by atoms with Gasteiger partial charge in [-0.2, -0.15) is 5.10 Å². The minimum absolute atomic E-state index is 0.578. The standard InChI is InChI=1S/C16H19N7/c1-2-4-14(5-3-1)22-13-19-15(21-8-6-17-7-9-21)10-16(22)23-12-18-11-20-23/h1-5,10-12,17H,6-9,13H2. The van der Waals surface area contributed by atoms with Crippen LogP contribution in [-0.4, -0.2) is 58.3 Å². The molecule has 0 aliphatic carbocycles. The van der Waals surface area contributed by atoms with E-state index in [1.54, 1.807) is 17.3 Å². The molecule has 1 aromatic heterocycles. The number of benzene rings is 1. The first-order chi connectivity index (χ1) is 11.4. The van der Waals surface area contributed by atoms with Gasteiger partial charge in [-0.15, -0.1) is 0 Å². The van der Waals surface area contributed by atoms with Crippen molar-refractivity contribution in [2.24, 2.45) is 4.99 Å². The highest BCUT2D eigenvalue weighted by atomic mass is 15.4. The second kappa shape index (κ2) is 6.21. The van der Waals surface area contributed by atoms with E-state index in [1.165, 1.54) is 0 Å². The number of rotatable bonds is 2. The average Bonchev–Trinajstić information content (AvgIpc) is 3.17. The largest absolute Gasteiger partial charge is 0.354 e. The molecule has 7 heteroatoms. The molecule has 0 radical (unpaired) electrons. The summed E-state index contributed by atoms with van der Waals surface area (Å²) in [5, 5.41) is 7.68. The zero-order chi connectivity index (χ0) is 15.5. The van der Waals surface area contributed by atoms with Crippen molar-refractivity contribution in [1.82, 2.24) is 25.0 Å². The fraction of sp³-hybridized carbons (Fsp3) is 0.312. The predicted molar refractivity (Wildman–Crippen MR) is 90.0 cm³/mol. The van der Waals surface area contributed by atoms with Crippen molar-refractivity contribution in [3.8, 4) is 0 Å². The molecule has 0 atom stereocenters. The van der Waals surface area contributed by atoms with Crippen molar-refractivity contribution in [1.29, 1.82) is 0 Å². The molecule has 2 aliphatic heterocycles. The van der Waals surface area contributed by atoms with E-state index in [0.717, 1.165) is 43.5 Å². The van der Waals surface area contributed by atoms with E-state index in [1.807, 2.05) is 18.2 Å². The number of aliphatic imine (C=N–C) groups is 1. The summed E-state index contributed by atoms with van der Waals surface area (Å²) in [7, 11) is 0. The van der Waals surface area contributed by atoms with Gasteiger partial charge < -0.3 is 15.1 Å². The number of nitrogens with zero attached hydrogens (tertiary/aromatic N) is 6. The van der Waals surface area contributed by atoms with Crippen LogP contribution in [0.15, 0.2) is 54.1 Å². The summed E-state index contributed by atoms with van der Waals surface area (Å²) >= 11 is 0. The van der Waals surface area contributed by atoms with E-state index in [4.69, 9.17) is 4.99 Å². The predicted octanol–water partition coefficient (Wildman–Crippen LogP) is 0.858. The fourth-order valence-electron chi connectivity index (χ4n) is 2.88. The lowest BCUT2D eigenvalue weighted by atomic mass is 10.2. The minimum Gasteiger partial charge on any atom is -0.354 e.